The SMILES string of the molecule is CCCOc1ccc(N2CC[C@@H](Oc3ccc([C@H](C)NC(=O)c4sc(NC(C)=O)nc4C)cc3)C2)nc1. The van der Waals surface area contributed by atoms with Crippen LogP contribution in [0.2, 0.25) is 0 Å². The first kappa shape index (κ1) is 26.4. The van der Waals surface area contributed by atoms with Crippen LogP contribution in [0.5, 0.6) is 11.5 Å². The van der Waals surface area contributed by atoms with E-state index in [9.17, 15) is 9.59 Å². The maximum Gasteiger partial charge on any atom is 0.263 e. The van der Waals surface area contributed by atoms with E-state index in [1.54, 1.807) is 13.1 Å². The van der Waals surface area contributed by atoms with Crippen LogP contribution in [0.3, 0.4) is 0 Å². The summed E-state index contributed by atoms with van der Waals surface area (Å²) < 4.78 is 11.8. The summed E-state index contributed by atoms with van der Waals surface area (Å²) in [5.41, 5.74) is 1.55. The van der Waals surface area contributed by atoms with Gasteiger partial charge in [0.1, 0.15) is 28.3 Å². The van der Waals surface area contributed by atoms with Crippen LogP contribution in [0.4, 0.5) is 10.9 Å². The molecule has 1 fully saturated rings. The number of amides is 2. The highest BCUT2D eigenvalue weighted by molar-refractivity contribution is 7.17. The number of hydrogen-bond donors (Lipinski definition) is 2. The summed E-state index contributed by atoms with van der Waals surface area (Å²) in [6.45, 7) is 9.52. The highest BCUT2D eigenvalue weighted by atomic mass is 32.1. The Labute approximate surface area is 221 Å². The Morgan fingerprint density at radius 3 is 2.62 bits per heavy atom. The lowest BCUT2D eigenvalue weighted by atomic mass is 10.1. The maximum absolute atomic E-state index is 12.8. The van der Waals surface area contributed by atoms with E-state index in [1.807, 2.05) is 43.3 Å². The van der Waals surface area contributed by atoms with Crippen molar-refractivity contribution < 1.29 is 19.1 Å². The number of carbonyl (C=O) groups is 2. The third kappa shape index (κ3) is 6.97. The molecule has 1 saturated heterocycles. The molecule has 3 heterocycles. The van der Waals surface area contributed by atoms with Gasteiger partial charge in [-0.15, -0.1) is 0 Å². The molecule has 2 aromatic heterocycles. The molecule has 1 aromatic carbocycles. The molecular weight excluding hydrogens is 490 g/mol. The third-order valence-electron chi connectivity index (χ3n) is 5.98. The maximum atomic E-state index is 12.8. The van der Waals surface area contributed by atoms with Gasteiger partial charge in [-0.05, 0) is 50.1 Å². The quantitative estimate of drug-likeness (QED) is 0.395. The number of rotatable bonds is 10. The lowest BCUT2D eigenvalue weighted by molar-refractivity contribution is -0.114. The molecule has 2 atom stereocenters. The zero-order valence-corrected chi connectivity index (χ0v) is 22.4. The van der Waals surface area contributed by atoms with Crippen molar-refractivity contribution in [2.24, 2.45) is 0 Å². The Hall–Kier alpha value is -3.66. The summed E-state index contributed by atoms with van der Waals surface area (Å²) in [6, 6.07) is 11.6. The number of aromatic nitrogens is 2. The van der Waals surface area contributed by atoms with Gasteiger partial charge in [0.05, 0.1) is 31.1 Å². The van der Waals surface area contributed by atoms with Gasteiger partial charge in [0, 0.05) is 19.9 Å². The number of carbonyl (C=O) groups excluding carboxylic acids is 2. The Morgan fingerprint density at radius 2 is 1.95 bits per heavy atom. The molecule has 0 aliphatic carbocycles. The molecule has 0 bridgehead atoms. The number of nitrogens with zero attached hydrogens (tertiary/aromatic N) is 3. The number of anilines is 2. The second kappa shape index (κ2) is 12.1. The van der Waals surface area contributed by atoms with E-state index in [-0.39, 0.29) is 24.0 Å². The van der Waals surface area contributed by atoms with Crippen molar-refractivity contribution in [1.82, 2.24) is 15.3 Å². The van der Waals surface area contributed by atoms with Crippen molar-refractivity contribution in [3.63, 3.8) is 0 Å². The van der Waals surface area contributed by atoms with Gasteiger partial charge in [0.2, 0.25) is 5.91 Å². The minimum Gasteiger partial charge on any atom is -0.492 e. The minimum absolute atomic E-state index is 0.0768. The van der Waals surface area contributed by atoms with Crippen molar-refractivity contribution in [2.75, 3.05) is 29.9 Å². The number of ether oxygens (including phenoxy) is 2. The zero-order valence-electron chi connectivity index (χ0n) is 21.6. The molecule has 0 spiro atoms. The fourth-order valence-corrected chi connectivity index (χ4v) is 5.00. The van der Waals surface area contributed by atoms with Crippen LogP contribution in [0.1, 0.15) is 60.6 Å². The lowest BCUT2D eigenvalue weighted by Crippen LogP contribution is -2.26. The van der Waals surface area contributed by atoms with Crippen LogP contribution >= 0.6 is 11.3 Å². The molecule has 9 nitrogen and oxygen atoms in total. The van der Waals surface area contributed by atoms with Gasteiger partial charge >= 0.3 is 0 Å². The van der Waals surface area contributed by atoms with E-state index in [0.29, 0.717) is 22.3 Å². The van der Waals surface area contributed by atoms with Gasteiger partial charge in [-0.2, -0.15) is 0 Å². The molecule has 4 rings (SSSR count). The van der Waals surface area contributed by atoms with E-state index < -0.39 is 0 Å². The molecule has 1 aliphatic rings. The smallest absolute Gasteiger partial charge is 0.263 e. The van der Waals surface area contributed by atoms with Gasteiger partial charge in [-0.1, -0.05) is 30.4 Å². The molecule has 2 amide bonds. The molecule has 1 aliphatic heterocycles. The molecule has 10 heteroatoms. The van der Waals surface area contributed by atoms with Gasteiger partial charge in [-0.3, -0.25) is 9.59 Å². The monoisotopic (exact) mass is 523 g/mol. The molecule has 37 heavy (non-hydrogen) atoms. The molecule has 0 radical (unpaired) electrons. The second-order valence-corrected chi connectivity index (χ2v) is 10.1. The highest BCUT2D eigenvalue weighted by Crippen LogP contribution is 2.26. The number of aryl methyl sites for hydroxylation is 1. The number of nitrogens with one attached hydrogen (secondary N) is 2. The van der Waals surface area contributed by atoms with Gasteiger partial charge in [0.15, 0.2) is 5.13 Å². The van der Waals surface area contributed by atoms with Gasteiger partial charge < -0.3 is 25.0 Å². The Balaban J connectivity index is 1.28. The van der Waals surface area contributed by atoms with Crippen molar-refractivity contribution in [1.29, 1.82) is 0 Å². The highest BCUT2D eigenvalue weighted by Gasteiger charge is 2.25. The summed E-state index contributed by atoms with van der Waals surface area (Å²) in [7, 11) is 0. The standard InChI is InChI=1S/C27H33N5O4S/c1-5-14-35-22-10-11-24(28-15-22)32-13-12-23(16-32)36-21-8-6-20(7-9-21)17(2)29-26(34)25-18(3)30-27(37-25)31-19(4)33/h6-11,15,17,23H,5,12-14,16H2,1-4H3,(H,29,34)(H,30,31,33)/t17-,23+/m0/s1. The molecular formula is C27H33N5O4S. The van der Waals surface area contributed by atoms with Gasteiger partial charge in [-0.25, -0.2) is 9.97 Å². The zero-order chi connectivity index (χ0) is 26.4. The van der Waals surface area contributed by atoms with Crippen molar-refractivity contribution in [3.05, 3.63) is 58.7 Å². The van der Waals surface area contributed by atoms with Crippen LogP contribution in [-0.2, 0) is 4.79 Å². The predicted octanol–water partition coefficient (Wildman–Crippen LogP) is 4.74. The van der Waals surface area contributed by atoms with Gasteiger partial charge in [0.25, 0.3) is 5.91 Å². The average Bonchev–Trinajstić information content (AvgIpc) is 3.49. The first-order valence-corrected chi connectivity index (χ1v) is 13.3. The van der Waals surface area contributed by atoms with Crippen LogP contribution in [-0.4, -0.2) is 47.6 Å². The molecule has 0 unspecified atom stereocenters. The minimum atomic E-state index is -0.218. The fourth-order valence-electron chi connectivity index (χ4n) is 4.08. The van der Waals surface area contributed by atoms with E-state index in [2.05, 4.69) is 32.4 Å². The number of thiazole rings is 1. The summed E-state index contributed by atoms with van der Waals surface area (Å²) >= 11 is 1.17. The molecule has 2 N–H and O–H groups in total. The predicted molar refractivity (Wildman–Crippen MR) is 145 cm³/mol. The largest absolute Gasteiger partial charge is 0.492 e. The molecule has 196 valence electrons. The van der Waals surface area contributed by atoms with E-state index in [1.165, 1.54) is 18.3 Å². The third-order valence-corrected chi connectivity index (χ3v) is 7.05. The van der Waals surface area contributed by atoms with E-state index in [0.717, 1.165) is 48.8 Å². The summed E-state index contributed by atoms with van der Waals surface area (Å²) in [5.74, 6) is 2.08. The van der Waals surface area contributed by atoms with Crippen LogP contribution in [0.25, 0.3) is 0 Å². The second-order valence-electron chi connectivity index (χ2n) is 9.05. The van der Waals surface area contributed by atoms with E-state index in [4.69, 9.17) is 9.47 Å². The number of pyridine rings is 1. The normalized spacial score (nSPS) is 15.8. The van der Waals surface area contributed by atoms with Crippen molar-refractivity contribution in [2.45, 2.75) is 52.7 Å². The van der Waals surface area contributed by atoms with Crippen LogP contribution in [0, 0.1) is 6.92 Å². The fraction of sp³-hybridized carbons (Fsp3) is 0.407. The number of hydrogen-bond acceptors (Lipinski definition) is 8. The van der Waals surface area contributed by atoms with Crippen molar-refractivity contribution >= 4 is 34.1 Å². The Kier molecular flexibility index (Phi) is 8.60. The average molecular weight is 524 g/mol. The number of benzene rings is 1. The van der Waals surface area contributed by atoms with Crippen LogP contribution in [0.15, 0.2) is 42.6 Å². The van der Waals surface area contributed by atoms with Crippen LogP contribution < -0.4 is 25.0 Å². The summed E-state index contributed by atoms with van der Waals surface area (Å²) in [4.78, 5) is 35.5. The molecule has 0 saturated carbocycles. The van der Waals surface area contributed by atoms with Crippen molar-refractivity contribution in [3.8, 4) is 11.5 Å². The topological polar surface area (TPSA) is 106 Å². The molecule has 3 aromatic rings. The first-order valence-electron chi connectivity index (χ1n) is 12.5. The Bertz CT molecular complexity index is 1210. The Morgan fingerprint density at radius 1 is 1.19 bits per heavy atom. The first-order chi connectivity index (χ1) is 17.8. The summed E-state index contributed by atoms with van der Waals surface area (Å²) in [6.07, 6.45) is 3.73. The summed E-state index contributed by atoms with van der Waals surface area (Å²) in [5, 5.41) is 6.05. The van der Waals surface area contributed by atoms with E-state index >= 15 is 0 Å². The lowest BCUT2D eigenvalue weighted by Gasteiger charge is -2.19.